The normalized spacial score (nSPS) is 9.82. The third kappa shape index (κ3) is 30.9. The number of phenols is 4. The number of phenolic OH excluding ortho intramolecular Hbond substituents is 4. The highest BCUT2D eigenvalue weighted by Gasteiger charge is 1.92. The summed E-state index contributed by atoms with van der Waals surface area (Å²) in [5.74, 6) is -0.306. The number of benzene rings is 2. The molecule has 8 nitrogen and oxygen atoms in total. The Balaban J connectivity index is -0.000000219. The van der Waals surface area contributed by atoms with Crippen LogP contribution in [-0.2, 0) is 0 Å². The van der Waals surface area contributed by atoms with E-state index in [2.05, 4.69) is 103 Å². The summed E-state index contributed by atoms with van der Waals surface area (Å²) in [6.45, 7) is 40.5. The van der Waals surface area contributed by atoms with Crippen molar-refractivity contribution in [3.05, 3.63) is 48.5 Å². The summed E-state index contributed by atoms with van der Waals surface area (Å²) < 4.78 is 0. The summed E-state index contributed by atoms with van der Waals surface area (Å²) in [6.07, 6.45) is 0. The fraction of sp³-hybridized carbons (Fsp3) is 0.667. The van der Waals surface area contributed by atoms with Crippen molar-refractivity contribution in [1.29, 1.82) is 0 Å². The quantitative estimate of drug-likeness (QED) is 0.180. The second-order valence-corrected chi connectivity index (χ2v) is 9.46. The number of aromatic hydroxyl groups is 4. The molecule has 0 aliphatic rings. The number of hydrogen-bond donors (Lipinski definition) is 4. The molecule has 0 aromatic heterocycles. The van der Waals surface area contributed by atoms with Crippen molar-refractivity contribution in [1.82, 2.24) is 19.6 Å². The fourth-order valence-corrected chi connectivity index (χ4v) is 3.61. The molecule has 260 valence electrons. The van der Waals surface area contributed by atoms with Gasteiger partial charge in [0.25, 0.3) is 0 Å². The Kier molecular flexibility index (Phi) is 40.3. The summed E-state index contributed by atoms with van der Waals surface area (Å²) in [4.78, 5) is 9.50. The van der Waals surface area contributed by atoms with Gasteiger partial charge in [0.2, 0.25) is 0 Å². The average Bonchev–Trinajstić information content (AvgIpc) is 3.05. The van der Waals surface area contributed by atoms with E-state index >= 15 is 0 Å². The molecule has 0 saturated carbocycles. The highest BCUT2D eigenvalue weighted by Crippen LogP contribution is 2.22. The predicted octanol–water partition coefficient (Wildman–Crippen LogP) is 7.59. The van der Waals surface area contributed by atoms with Crippen molar-refractivity contribution < 1.29 is 20.4 Å². The zero-order valence-corrected chi connectivity index (χ0v) is 30.7. The van der Waals surface area contributed by atoms with Crippen molar-refractivity contribution >= 4 is 0 Å². The average molecular weight is 625 g/mol. The van der Waals surface area contributed by atoms with Gasteiger partial charge in [-0.05, 0) is 103 Å². The lowest BCUT2D eigenvalue weighted by molar-refractivity contribution is 0.321. The molecule has 0 aliphatic carbocycles. The third-order valence-electron chi connectivity index (χ3n) is 7.13. The van der Waals surface area contributed by atoms with Gasteiger partial charge in [0.15, 0.2) is 23.0 Å². The van der Waals surface area contributed by atoms with E-state index in [-0.39, 0.29) is 23.0 Å². The lowest BCUT2D eigenvalue weighted by Gasteiger charge is -2.13. The maximum absolute atomic E-state index is 8.67. The fourth-order valence-electron chi connectivity index (χ4n) is 3.61. The van der Waals surface area contributed by atoms with Gasteiger partial charge in [-0.25, -0.2) is 0 Å². The molecule has 0 amide bonds. The molecule has 2 rings (SSSR count). The standard InChI is InChI=1S/4C6H15N.2C6H6O2/c4*1-4-7(5-2)6-3;2*7-5-3-1-2-4-6(5)8/h4*4-6H2,1-3H3;2*1-4,7-8H. The molecule has 4 N–H and O–H groups in total. The molecule has 0 heterocycles. The Morgan fingerprint density at radius 3 is 0.455 bits per heavy atom. The van der Waals surface area contributed by atoms with E-state index < -0.39 is 0 Å². The maximum atomic E-state index is 8.67. The van der Waals surface area contributed by atoms with Gasteiger partial charge in [-0.1, -0.05) is 107 Å². The van der Waals surface area contributed by atoms with Gasteiger partial charge >= 0.3 is 0 Å². The number of nitrogens with zero attached hydrogens (tertiary/aromatic N) is 4. The lowest BCUT2D eigenvalue weighted by Crippen LogP contribution is -2.21. The second-order valence-electron chi connectivity index (χ2n) is 9.46. The molecule has 0 saturated heterocycles. The molecule has 0 bridgehead atoms. The van der Waals surface area contributed by atoms with Crippen LogP contribution in [0, 0.1) is 0 Å². The molecule has 8 heteroatoms. The highest BCUT2D eigenvalue weighted by molar-refractivity contribution is 5.36. The van der Waals surface area contributed by atoms with E-state index in [9.17, 15) is 0 Å². The van der Waals surface area contributed by atoms with Gasteiger partial charge in [-0.2, -0.15) is 0 Å². The minimum absolute atomic E-state index is 0.0764. The Labute approximate surface area is 272 Å². The molecule has 0 spiro atoms. The van der Waals surface area contributed by atoms with E-state index in [1.165, 1.54) is 103 Å². The maximum Gasteiger partial charge on any atom is 0.157 e. The van der Waals surface area contributed by atoms with Crippen LogP contribution in [0.5, 0.6) is 23.0 Å². The molecule has 0 unspecified atom stereocenters. The first-order valence-electron chi connectivity index (χ1n) is 16.8. The van der Waals surface area contributed by atoms with E-state index in [0.717, 1.165) is 0 Å². The van der Waals surface area contributed by atoms with Crippen molar-refractivity contribution in [3.8, 4) is 23.0 Å². The van der Waals surface area contributed by atoms with E-state index in [1.54, 1.807) is 24.3 Å². The van der Waals surface area contributed by atoms with Crippen LogP contribution in [-0.4, -0.2) is 119 Å². The molecule has 0 atom stereocenters. The molecular weight excluding hydrogens is 552 g/mol. The summed E-state index contributed by atoms with van der Waals surface area (Å²) in [6, 6.07) is 12.3. The summed E-state index contributed by atoms with van der Waals surface area (Å²) in [5, 5.41) is 34.7. The molecule has 0 radical (unpaired) electrons. The molecule has 0 aliphatic heterocycles. The van der Waals surface area contributed by atoms with Crippen molar-refractivity contribution in [2.75, 3.05) is 78.5 Å². The van der Waals surface area contributed by atoms with Crippen LogP contribution in [0.3, 0.4) is 0 Å². The topological polar surface area (TPSA) is 93.9 Å². The third-order valence-corrected chi connectivity index (χ3v) is 7.13. The van der Waals surface area contributed by atoms with Crippen LogP contribution >= 0.6 is 0 Å². The summed E-state index contributed by atoms with van der Waals surface area (Å²) >= 11 is 0. The van der Waals surface area contributed by atoms with E-state index in [4.69, 9.17) is 20.4 Å². The first-order valence-corrected chi connectivity index (χ1v) is 16.8. The highest BCUT2D eigenvalue weighted by atomic mass is 16.3. The van der Waals surface area contributed by atoms with Crippen molar-refractivity contribution in [3.63, 3.8) is 0 Å². The van der Waals surface area contributed by atoms with Gasteiger partial charge in [0.05, 0.1) is 0 Å². The first kappa shape index (κ1) is 48.4. The van der Waals surface area contributed by atoms with Gasteiger partial charge in [-0.3, -0.25) is 0 Å². The van der Waals surface area contributed by atoms with Gasteiger partial charge < -0.3 is 40.0 Å². The second kappa shape index (κ2) is 36.7. The SMILES string of the molecule is CCN(CC)CC.CCN(CC)CC.CCN(CC)CC.CCN(CC)CC.Oc1ccccc1O.Oc1ccccc1O. The van der Waals surface area contributed by atoms with Crippen LogP contribution in [0.4, 0.5) is 0 Å². The van der Waals surface area contributed by atoms with Crippen LogP contribution in [0.15, 0.2) is 48.5 Å². The van der Waals surface area contributed by atoms with Crippen LogP contribution in [0.2, 0.25) is 0 Å². The molecule has 2 aromatic carbocycles. The minimum atomic E-state index is -0.0764. The number of hydrogen-bond acceptors (Lipinski definition) is 8. The first-order chi connectivity index (χ1) is 21.0. The van der Waals surface area contributed by atoms with Crippen LogP contribution < -0.4 is 0 Å². The summed E-state index contributed by atoms with van der Waals surface area (Å²) in [5.41, 5.74) is 0. The molecular formula is C36H72N4O4. The Morgan fingerprint density at radius 1 is 0.295 bits per heavy atom. The number of rotatable bonds is 12. The predicted molar refractivity (Wildman–Crippen MR) is 193 cm³/mol. The Morgan fingerprint density at radius 2 is 0.409 bits per heavy atom. The zero-order valence-electron chi connectivity index (χ0n) is 30.7. The number of para-hydroxylation sites is 4. The largest absolute Gasteiger partial charge is 0.504 e. The van der Waals surface area contributed by atoms with E-state index in [0.29, 0.717) is 0 Å². The Bertz CT molecular complexity index is 655. The zero-order chi connectivity index (χ0) is 34.8. The van der Waals surface area contributed by atoms with Gasteiger partial charge in [-0.15, -0.1) is 0 Å². The van der Waals surface area contributed by atoms with Crippen molar-refractivity contribution in [2.24, 2.45) is 0 Å². The van der Waals surface area contributed by atoms with Gasteiger partial charge in [0.1, 0.15) is 0 Å². The van der Waals surface area contributed by atoms with Crippen LogP contribution in [0.25, 0.3) is 0 Å². The van der Waals surface area contributed by atoms with Crippen molar-refractivity contribution in [2.45, 2.75) is 83.1 Å². The minimum Gasteiger partial charge on any atom is -0.504 e. The van der Waals surface area contributed by atoms with Gasteiger partial charge in [0, 0.05) is 0 Å². The molecule has 0 fully saturated rings. The monoisotopic (exact) mass is 625 g/mol. The molecule has 2 aromatic rings. The Hall–Kier alpha value is -2.52. The van der Waals surface area contributed by atoms with E-state index in [1.807, 2.05) is 0 Å². The molecule has 44 heavy (non-hydrogen) atoms. The van der Waals surface area contributed by atoms with Crippen LogP contribution in [0.1, 0.15) is 83.1 Å². The summed E-state index contributed by atoms with van der Waals surface area (Å²) in [7, 11) is 0. The lowest BCUT2D eigenvalue weighted by atomic mass is 10.3. The smallest absolute Gasteiger partial charge is 0.157 e.